The molecule has 0 spiro atoms. The van der Waals surface area contributed by atoms with Crippen LogP contribution in [0.1, 0.15) is 20.3 Å². The Balaban J connectivity index is 2.72. The van der Waals surface area contributed by atoms with Crippen LogP contribution in [0.15, 0.2) is 11.1 Å². The molecule has 2 N–H and O–H groups in total. The lowest BCUT2D eigenvalue weighted by Crippen LogP contribution is -2.34. The number of aliphatic hydroxyl groups excluding tert-OH is 1. The largest absolute Gasteiger partial charge is 0.375 e. The van der Waals surface area contributed by atoms with Gasteiger partial charge in [0, 0.05) is 6.54 Å². The molecule has 1 rings (SSSR count). The first-order valence-corrected chi connectivity index (χ1v) is 3.29. The van der Waals surface area contributed by atoms with E-state index in [4.69, 9.17) is 0 Å². The molecule has 0 radical (unpaired) electrons. The van der Waals surface area contributed by atoms with Crippen LogP contribution in [-0.2, 0) is 0 Å². The summed E-state index contributed by atoms with van der Waals surface area (Å²) in [6.45, 7) is 4.94. The minimum absolute atomic E-state index is 0.390. The summed E-state index contributed by atoms with van der Waals surface area (Å²) in [6.07, 6.45) is 0.682. The number of rotatable bonds is 0. The second kappa shape index (κ2) is 2.50. The van der Waals surface area contributed by atoms with Gasteiger partial charge in [-0.05, 0) is 25.8 Å². The monoisotopic (exact) mass is 127 g/mol. The molecule has 1 atom stereocenters. The Bertz CT molecular complexity index is 140. The van der Waals surface area contributed by atoms with Gasteiger partial charge in [0.1, 0.15) is 6.23 Å². The van der Waals surface area contributed by atoms with Gasteiger partial charge in [-0.2, -0.15) is 0 Å². The molecule has 0 fully saturated rings. The van der Waals surface area contributed by atoms with Crippen molar-refractivity contribution in [2.45, 2.75) is 26.5 Å². The molecule has 1 aliphatic heterocycles. The van der Waals surface area contributed by atoms with E-state index in [9.17, 15) is 5.11 Å². The Hall–Kier alpha value is -0.340. The predicted octanol–water partition coefficient (Wildman–Crippen LogP) is 0.635. The number of aliphatic hydroxyl groups is 1. The van der Waals surface area contributed by atoms with Gasteiger partial charge in [0.15, 0.2) is 0 Å². The highest BCUT2D eigenvalue weighted by Crippen LogP contribution is 2.13. The third kappa shape index (κ3) is 1.32. The maximum atomic E-state index is 9.18. The third-order valence-electron chi connectivity index (χ3n) is 1.92. The van der Waals surface area contributed by atoms with Gasteiger partial charge in [-0.3, -0.25) is 5.32 Å². The molecule has 0 saturated heterocycles. The van der Waals surface area contributed by atoms with E-state index < -0.39 is 6.23 Å². The molecule has 0 aliphatic carbocycles. The van der Waals surface area contributed by atoms with Crippen molar-refractivity contribution in [2.75, 3.05) is 6.54 Å². The van der Waals surface area contributed by atoms with E-state index in [1.54, 1.807) is 0 Å². The molecule has 0 aromatic carbocycles. The van der Waals surface area contributed by atoms with Crippen molar-refractivity contribution in [1.29, 1.82) is 0 Å². The normalized spacial score (nSPS) is 29.0. The minimum Gasteiger partial charge on any atom is -0.375 e. The molecular weight excluding hydrogens is 114 g/mol. The fourth-order valence-corrected chi connectivity index (χ4v) is 0.980. The molecular formula is C7H13NO. The Labute approximate surface area is 55.6 Å². The molecule has 2 heteroatoms. The minimum atomic E-state index is -0.390. The molecule has 0 bridgehead atoms. The van der Waals surface area contributed by atoms with Gasteiger partial charge in [-0.25, -0.2) is 0 Å². The third-order valence-corrected chi connectivity index (χ3v) is 1.92. The Morgan fingerprint density at radius 1 is 1.56 bits per heavy atom. The van der Waals surface area contributed by atoms with Crippen molar-refractivity contribution in [2.24, 2.45) is 0 Å². The van der Waals surface area contributed by atoms with Crippen LogP contribution in [0.25, 0.3) is 0 Å². The smallest absolute Gasteiger partial charge is 0.127 e. The van der Waals surface area contributed by atoms with Crippen molar-refractivity contribution in [3.63, 3.8) is 0 Å². The van der Waals surface area contributed by atoms with Crippen LogP contribution in [0.5, 0.6) is 0 Å². The van der Waals surface area contributed by atoms with Crippen LogP contribution in [0, 0.1) is 0 Å². The highest BCUT2D eigenvalue weighted by molar-refractivity contribution is 5.16. The predicted molar refractivity (Wildman–Crippen MR) is 37.0 cm³/mol. The molecule has 1 heterocycles. The van der Waals surface area contributed by atoms with Gasteiger partial charge in [-0.15, -0.1) is 0 Å². The summed E-state index contributed by atoms with van der Waals surface area (Å²) >= 11 is 0. The Kier molecular flexibility index (Phi) is 1.88. The Morgan fingerprint density at radius 3 is 2.67 bits per heavy atom. The zero-order valence-corrected chi connectivity index (χ0v) is 5.94. The first-order chi connectivity index (χ1) is 4.22. The summed E-state index contributed by atoms with van der Waals surface area (Å²) in [5.41, 5.74) is 2.41. The molecule has 2 nitrogen and oxygen atoms in total. The van der Waals surface area contributed by atoms with Gasteiger partial charge in [0.2, 0.25) is 0 Å². The van der Waals surface area contributed by atoms with E-state index in [0.717, 1.165) is 18.5 Å². The summed E-state index contributed by atoms with van der Waals surface area (Å²) in [7, 11) is 0. The van der Waals surface area contributed by atoms with Crippen LogP contribution in [-0.4, -0.2) is 17.9 Å². The zero-order valence-electron chi connectivity index (χ0n) is 5.94. The van der Waals surface area contributed by atoms with Crippen LogP contribution in [0.4, 0.5) is 0 Å². The van der Waals surface area contributed by atoms with Crippen LogP contribution in [0.2, 0.25) is 0 Å². The van der Waals surface area contributed by atoms with Crippen molar-refractivity contribution >= 4 is 0 Å². The van der Waals surface area contributed by atoms with Crippen molar-refractivity contribution < 1.29 is 5.11 Å². The lowest BCUT2D eigenvalue weighted by molar-refractivity contribution is 0.165. The molecule has 52 valence electrons. The van der Waals surface area contributed by atoms with Crippen molar-refractivity contribution in [3.05, 3.63) is 11.1 Å². The average molecular weight is 127 g/mol. The lowest BCUT2D eigenvalue weighted by atomic mass is 10.0. The summed E-state index contributed by atoms with van der Waals surface area (Å²) in [4.78, 5) is 0. The highest BCUT2D eigenvalue weighted by atomic mass is 16.3. The van der Waals surface area contributed by atoms with E-state index in [0.29, 0.717) is 0 Å². The first kappa shape index (κ1) is 6.78. The molecule has 9 heavy (non-hydrogen) atoms. The topological polar surface area (TPSA) is 32.3 Å². The molecule has 0 amide bonds. The van der Waals surface area contributed by atoms with E-state index in [1.807, 2.05) is 6.92 Å². The average Bonchev–Trinajstić information content (AvgIpc) is 1.83. The first-order valence-electron chi connectivity index (χ1n) is 3.29. The quantitative estimate of drug-likeness (QED) is 0.468. The van der Waals surface area contributed by atoms with Crippen LogP contribution >= 0.6 is 0 Å². The molecule has 0 aromatic rings. The maximum absolute atomic E-state index is 9.18. The summed E-state index contributed by atoms with van der Waals surface area (Å²) in [5.74, 6) is 0. The van der Waals surface area contributed by atoms with Crippen LogP contribution in [0.3, 0.4) is 0 Å². The number of nitrogens with one attached hydrogen (secondary N) is 1. The standard InChI is InChI=1S/C7H13NO/c1-5-3-4-8-7(9)6(5)2/h7-9H,3-4H2,1-2H3. The van der Waals surface area contributed by atoms with Crippen molar-refractivity contribution in [3.8, 4) is 0 Å². The van der Waals surface area contributed by atoms with E-state index in [2.05, 4.69) is 12.2 Å². The highest BCUT2D eigenvalue weighted by Gasteiger charge is 2.12. The van der Waals surface area contributed by atoms with Gasteiger partial charge in [0.05, 0.1) is 0 Å². The summed E-state index contributed by atoms with van der Waals surface area (Å²) in [5, 5.41) is 12.1. The van der Waals surface area contributed by atoms with Gasteiger partial charge in [0.25, 0.3) is 0 Å². The van der Waals surface area contributed by atoms with Gasteiger partial charge < -0.3 is 5.11 Å². The van der Waals surface area contributed by atoms with E-state index >= 15 is 0 Å². The SMILES string of the molecule is CC1=C(C)C(O)NCC1. The van der Waals surface area contributed by atoms with E-state index in [-0.39, 0.29) is 0 Å². The van der Waals surface area contributed by atoms with Gasteiger partial charge >= 0.3 is 0 Å². The zero-order chi connectivity index (χ0) is 6.85. The summed E-state index contributed by atoms with van der Waals surface area (Å²) in [6, 6.07) is 0. The lowest BCUT2D eigenvalue weighted by Gasteiger charge is -2.21. The fraction of sp³-hybridized carbons (Fsp3) is 0.714. The fourth-order valence-electron chi connectivity index (χ4n) is 0.980. The number of hydrogen-bond donors (Lipinski definition) is 2. The maximum Gasteiger partial charge on any atom is 0.127 e. The van der Waals surface area contributed by atoms with Crippen LogP contribution < -0.4 is 5.32 Å². The van der Waals surface area contributed by atoms with Gasteiger partial charge in [-0.1, -0.05) is 5.57 Å². The molecule has 1 unspecified atom stereocenters. The van der Waals surface area contributed by atoms with E-state index in [1.165, 1.54) is 5.57 Å². The van der Waals surface area contributed by atoms with Crippen molar-refractivity contribution in [1.82, 2.24) is 5.32 Å². The molecule has 0 saturated carbocycles. The number of hydrogen-bond acceptors (Lipinski definition) is 2. The summed E-state index contributed by atoms with van der Waals surface area (Å²) < 4.78 is 0. The Morgan fingerprint density at radius 2 is 2.22 bits per heavy atom. The molecule has 0 aromatic heterocycles. The second-order valence-corrected chi connectivity index (χ2v) is 2.57. The molecule has 1 aliphatic rings. The second-order valence-electron chi connectivity index (χ2n) is 2.57.